The van der Waals surface area contributed by atoms with Gasteiger partial charge in [0.1, 0.15) is 0 Å². The van der Waals surface area contributed by atoms with Crippen LogP contribution in [-0.2, 0) is 0 Å². The van der Waals surface area contributed by atoms with E-state index < -0.39 is 0 Å². The van der Waals surface area contributed by atoms with Crippen molar-refractivity contribution in [1.29, 1.82) is 0 Å². The molecule has 0 aromatic carbocycles. The highest BCUT2D eigenvalue weighted by atomic mass is 15.1. The van der Waals surface area contributed by atoms with Crippen LogP contribution in [0.2, 0.25) is 0 Å². The zero-order valence-electron chi connectivity index (χ0n) is 9.48. The summed E-state index contributed by atoms with van der Waals surface area (Å²) >= 11 is 0. The van der Waals surface area contributed by atoms with E-state index in [1.165, 1.54) is 32.4 Å². The Hall–Kier alpha value is -0.0400. The van der Waals surface area contributed by atoms with Crippen LogP contribution in [-0.4, -0.2) is 25.0 Å². The van der Waals surface area contributed by atoms with Crippen LogP contribution in [0, 0.1) is 5.41 Å². The highest BCUT2D eigenvalue weighted by Gasteiger charge is 2.26. The fraction of sp³-hybridized carbons (Fsp3) is 1.00. The van der Waals surface area contributed by atoms with E-state index in [1.807, 2.05) is 13.8 Å². The lowest BCUT2D eigenvalue weighted by atomic mass is 9.78. The van der Waals surface area contributed by atoms with Crippen molar-refractivity contribution in [2.24, 2.45) is 5.41 Å². The zero-order chi connectivity index (χ0) is 9.61. The van der Waals surface area contributed by atoms with Gasteiger partial charge >= 0.3 is 0 Å². The van der Waals surface area contributed by atoms with Crippen LogP contribution >= 0.6 is 0 Å². The summed E-state index contributed by atoms with van der Waals surface area (Å²) in [5.74, 6) is 0. The van der Waals surface area contributed by atoms with Gasteiger partial charge in [-0.05, 0) is 38.4 Å². The Balaban J connectivity index is 0.000000561. The number of nitrogens with zero attached hydrogens (tertiary/aromatic N) is 1. The SMILES string of the molecule is CC.CCC1(C)CCN(C)CC1. The molecule has 12 heavy (non-hydrogen) atoms. The maximum atomic E-state index is 2.43. The molecule has 1 heterocycles. The molecule has 1 rings (SSSR count). The van der Waals surface area contributed by atoms with E-state index in [4.69, 9.17) is 0 Å². The number of hydrogen-bond acceptors (Lipinski definition) is 1. The molecule has 0 atom stereocenters. The number of rotatable bonds is 1. The minimum atomic E-state index is 0.659. The standard InChI is InChI=1S/C9H19N.C2H6/c1-4-9(2)5-7-10(3)8-6-9;1-2/h4-8H2,1-3H3;1-2H3. The largest absolute Gasteiger partial charge is 0.306 e. The first-order valence-corrected chi connectivity index (χ1v) is 5.35. The van der Waals surface area contributed by atoms with Gasteiger partial charge in [-0.25, -0.2) is 0 Å². The van der Waals surface area contributed by atoms with Gasteiger partial charge in [-0.2, -0.15) is 0 Å². The lowest BCUT2D eigenvalue weighted by Gasteiger charge is -2.37. The van der Waals surface area contributed by atoms with Crippen molar-refractivity contribution in [3.63, 3.8) is 0 Å². The second-order valence-electron chi connectivity index (χ2n) is 3.97. The summed E-state index contributed by atoms with van der Waals surface area (Å²) in [6.45, 7) is 11.3. The third kappa shape index (κ3) is 3.57. The van der Waals surface area contributed by atoms with Crippen LogP contribution in [0.1, 0.15) is 47.0 Å². The Morgan fingerprint density at radius 2 is 1.58 bits per heavy atom. The molecule has 1 aliphatic heterocycles. The smallest absolute Gasteiger partial charge is 0.00166 e. The van der Waals surface area contributed by atoms with Gasteiger partial charge in [0, 0.05) is 0 Å². The normalized spacial score (nSPS) is 22.8. The van der Waals surface area contributed by atoms with Gasteiger partial charge in [-0.3, -0.25) is 0 Å². The summed E-state index contributed by atoms with van der Waals surface area (Å²) in [6.07, 6.45) is 4.13. The van der Waals surface area contributed by atoms with E-state index in [2.05, 4.69) is 25.8 Å². The highest BCUT2D eigenvalue weighted by molar-refractivity contribution is 4.79. The number of likely N-dealkylation sites (tertiary alicyclic amines) is 1. The summed E-state index contributed by atoms with van der Waals surface area (Å²) in [5.41, 5.74) is 0.659. The maximum Gasteiger partial charge on any atom is -0.00166 e. The quantitative estimate of drug-likeness (QED) is 0.586. The van der Waals surface area contributed by atoms with Crippen molar-refractivity contribution in [2.45, 2.75) is 47.0 Å². The molecular formula is C11H25N. The topological polar surface area (TPSA) is 3.24 Å². The van der Waals surface area contributed by atoms with Crippen molar-refractivity contribution >= 4 is 0 Å². The summed E-state index contributed by atoms with van der Waals surface area (Å²) < 4.78 is 0. The van der Waals surface area contributed by atoms with Crippen molar-refractivity contribution in [1.82, 2.24) is 4.90 Å². The van der Waals surface area contributed by atoms with Crippen LogP contribution in [0.15, 0.2) is 0 Å². The van der Waals surface area contributed by atoms with E-state index in [9.17, 15) is 0 Å². The van der Waals surface area contributed by atoms with Crippen molar-refractivity contribution in [3.8, 4) is 0 Å². The molecule has 0 bridgehead atoms. The molecule has 1 nitrogen and oxygen atoms in total. The summed E-state index contributed by atoms with van der Waals surface area (Å²) in [6, 6.07) is 0. The molecule has 0 aromatic heterocycles. The fourth-order valence-corrected chi connectivity index (χ4v) is 1.51. The summed E-state index contributed by atoms with van der Waals surface area (Å²) in [7, 11) is 2.22. The first-order chi connectivity index (χ1) is 5.66. The molecule has 0 amide bonds. The molecule has 0 spiro atoms. The van der Waals surface area contributed by atoms with Gasteiger partial charge in [0.05, 0.1) is 0 Å². The molecule has 0 saturated carbocycles. The number of hydrogen-bond donors (Lipinski definition) is 0. The van der Waals surface area contributed by atoms with E-state index in [0.717, 1.165) is 0 Å². The second kappa shape index (κ2) is 5.58. The molecule has 0 N–H and O–H groups in total. The molecular weight excluding hydrogens is 146 g/mol. The third-order valence-electron chi connectivity index (χ3n) is 3.05. The number of piperidine rings is 1. The van der Waals surface area contributed by atoms with Gasteiger partial charge in [0.2, 0.25) is 0 Å². The average Bonchev–Trinajstić information content (AvgIpc) is 2.14. The molecule has 0 aromatic rings. The Bertz CT molecular complexity index is 102. The van der Waals surface area contributed by atoms with Crippen molar-refractivity contribution in [2.75, 3.05) is 20.1 Å². The Kier molecular flexibility index (Phi) is 5.56. The van der Waals surface area contributed by atoms with Crippen molar-refractivity contribution < 1.29 is 0 Å². The molecule has 1 fully saturated rings. The van der Waals surface area contributed by atoms with Crippen LogP contribution in [0.4, 0.5) is 0 Å². The first kappa shape index (κ1) is 12.0. The van der Waals surface area contributed by atoms with Crippen LogP contribution < -0.4 is 0 Å². The summed E-state index contributed by atoms with van der Waals surface area (Å²) in [4.78, 5) is 2.43. The fourth-order valence-electron chi connectivity index (χ4n) is 1.51. The minimum absolute atomic E-state index is 0.659. The van der Waals surface area contributed by atoms with E-state index in [1.54, 1.807) is 0 Å². The maximum absolute atomic E-state index is 2.43. The predicted molar refractivity (Wildman–Crippen MR) is 56.5 cm³/mol. The van der Waals surface area contributed by atoms with Gasteiger partial charge in [-0.15, -0.1) is 0 Å². The lowest BCUT2D eigenvalue weighted by molar-refractivity contribution is 0.135. The van der Waals surface area contributed by atoms with Gasteiger partial charge in [0.25, 0.3) is 0 Å². The molecule has 0 radical (unpaired) electrons. The Morgan fingerprint density at radius 1 is 1.17 bits per heavy atom. The lowest BCUT2D eigenvalue weighted by Crippen LogP contribution is -2.35. The molecule has 1 aliphatic rings. The average molecular weight is 171 g/mol. The molecule has 0 unspecified atom stereocenters. The monoisotopic (exact) mass is 171 g/mol. The molecule has 1 saturated heterocycles. The van der Waals surface area contributed by atoms with Crippen LogP contribution in [0.3, 0.4) is 0 Å². The van der Waals surface area contributed by atoms with Gasteiger partial charge < -0.3 is 4.90 Å². The predicted octanol–water partition coefficient (Wildman–Crippen LogP) is 3.15. The van der Waals surface area contributed by atoms with E-state index in [-0.39, 0.29) is 0 Å². The molecule has 74 valence electrons. The Morgan fingerprint density at radius 3 is 1.92 bits per heavy atom. The van der Waals surface area contributed by atoms with Gasteiger partial charge in [0.15, 0.2) is 0 Å². The van der Waals surface area contributed by atoms with Crippen LogP contribution in [0.25, 0.3) is 0 Å². The Labute approximate surface area is 78.1 Å². The minimum Gasteiger partial charge on any atom is -0.306 e. The highest BCUT2D eigenvalue weighted by Crippen LogP contribution is 2.33. The first-order valence-electron chi connectivity index (χ1n) is 5.35. The third-order valence-corrected chi connectivity index (χ3v) is 3.05. The zero-order valence-corrected chi connectivity index (χ0v) is 9.48. The van der Waals surface area contributed by atoms with Gasteiger partial charge in [-0.1, -0.05) is 34.1 Å². The van der Waals surface area contributed by atoms with Crippen LogP contribution in [0.5, 0.6) is 0 Å². The summed E-state index contributed by atoms with van der Waals surface area (Å²) in [5, 5.41) is 0. The molecule has 0 aliphatic carbocycles. The van der Waals surface area contributed by atoms with E-state index >= 15 is 0 Å². The molecule has 1 heteroatoms. The van der Waals surface area contributed by atoms with E-state index in [0.29, 0.717) is 5.41 Å². The second-order valence-corrected chi connectivity index (χ2v) is 3.97. The van der Waals surface area contributed by atoms with Crippen molar-refractivity contribution in [3.05, 3.63) is 0 Å².